The van der Waals surface area contributed by atoms with Crippen LogP contribution < -0.4 is 0 Å². The standard InChI is InChI=1S/C23H22ClN3OS/c24-23(27-4-6-28-7-5-27)10-16-1-2-22-20(9-16)21(14-26-22)19-11-18(12-25-13-19)17-3-8-29-15-17/h1-3,8-9,11-15,23,26H,4-7,10H2. The molecule has 1 N–H and O–H groups in total. The molecule has 3 aromatic heterocycles. The molecule has 1 unspecified atom stereocenters. The minimum atomic E-state index is -0.0117. The number of fused-ring (bicyclic) bond motifs is 1. The maximum absolute atomic E-state index is 6.71. The summed E-state index contributed by atoms with van der Waals surface area (Å²) in [6.07, 6.45) is 6.74. The van der Waals surface area contributed by atoms with E-state index >= 15 is 0 Å². The first kappa shape index (κ1) is 18.8. The number of nitrogens with zero attached hydrogens (tertiary/aromatic N) is 2. The van der Waals surface area contributed by atoms with Crippen LogP contribution in [0.3, 0.4) is 0 Å². The molecule has 148 valence electrons. The lowest BCUT2D eigenvalue weighted by Crippen LogP contribution is -2.41. The average Bonchev–Trinajstić information content (AvgIpc) is 3.44. The zero-order chi connectivity index (χ0) is 19.6. The maximum atomic E-state index is 6.71. The van der Waals surface area contributed by atoms with Gasteiger partial charge in [0.1, 0.15) is 0 Å². The fourth-order valence-electron chi connectivity index (χ4n) is 3.89. The normalized spacial score (nSPS) is 16.3. The molecule has 1 atom stereocenters. The number of aromatic amines is 1. The quantitative estimate of drug-likeness (QED) is 0.345. The minimum absolute atomic E-state index is 0.0117. The van der Waals surface area contributed by atoms with Crippen LogP contribution in [-0.4, -0.2) is 46.7 Å². The van der Waals surface area contributed by atoms with E-state index in [0.29, 0.717) is 0 Å². The summed E-state index contributed by atoms with van der Waals surface area (Å²) in [4.78, 5) is 10.2. The molecule has 0 radical (unpaired) electrons. The number of nitrogens with one attached hydrogen (secondary N) is 1. The van der Waals surface area contributed by atoms with E-state index in [1.165, 1.54) is 22.1 Å². The van der Waals surface area contributed by atoms with Crippen LogP contribution in [0.2, 0.25) is 0 Å². The van der Waals surface area contributed by atoms with Crippen molar-refractivity contribution in [3.8, 4) is 22.3 Å². The monoisotopic (exact) mass is 423 g/mol. The highest BCUT2D eigenvalue weighted by atomic mass is 35.5. The van der Waals surface area contributed by atoms with Crippen LogP contribution in [0.25, 0.3) is 33.2 Å². The summed E-state index contributed by atoms with van der Waals surface area (Å²) < 4.78 is 5.44. The van der Waals surface area contributed by atoms with Crippen LogP contribution in [0.15, 0.2) is 59.7 Å². The maximum Gasteiger partial charge on any atom is 0.0892 e. The minimum Gasteiger partial charge on any atom is -0.379 e. The zero-order valence-electron chi connectivity index (χ0n) is 16.0. The van der Waals surface area contributed by atoms with Crippen molar-refractivity contribution in [2.24, 2.45) is 0 Å². The Hall–Kier alpha value is -2.18. The first-order valence-electron chi connectivity index (χ1n) is 9.82. The Balaban J connectivity index is 1.45. The lowest BCUT2D eigenvalue weighted by Gasteiger charge is -2.30. The fourth-order valence-corrected chi connectivity index (χ4v) is 4.93. The van der Waals surface area contributed by atoms with Gasteiger partial charge in [-0.3, -0.25) is 9.88 Å². The number of ether oxygens (including phenoxy) is 1. The molecule has 0 saturated carbocycles. The summed E-state index contributed by atoms with van der Waals surface area (Å²) in [5, 5.41) is 5.45. The van der Waals surface area contributed by atoms with Crippen molar-refractivity contribution in [3.63, 3.8) is 0 Å². The van der Waals surface area contributed by atoms with Crippen LogP contribution in [0.4, 0.5) is 0 Å². The number of hydrogen-bond donors (Lipinski definition) is 1. The molecule has 1 saturated heterocycles. The molecule has 6 heteroatoms. The number of aromatic nitrogens is 2. The highest BCUT2D eigenvalue weighted by molar-refractivity contribution is 7.08. The number of rotatable bonds is 5. The van der Waals surface area contributed by atoms with Crippen molar-refractivity contribution in [3.05, 3.63) is 65.2 Å². The van der Waals surface area contributed by atoms with E-state index in [0.717, 1.165) is 49.4 Å². The Bertz CT molecular complexity index is 1100. The van der Waals surface area contributed by atoms with Crippen molar-refractivity contribution in [1.29, 1.82) is 0 Å². The van der Waals surface area contributed by atoms with Gasteiger partial charge >= 0.3 is 0 Å². The summed E-state index contributed by atoms with van der Waals surface area (Å²) in [6.45, 7) is 3.31. The zero-order valence-corrected chi connectivity index (χ0v) is 17.5. The van der Waals surface area contributed by atoms with Gasteiger partial charge in [0, 0.05) is 65.7 Å². The van der Waals surface area contributed by atoms with Crippen LogP contribution >= 0.6 is 22.9 Å². The molecule has 29 heavy (non-hydrogen) atoms. The molecule has 4 heterocycles. The van der Waals surface area contributed by atoms with E-state index in [4.69, 9.17) is 16.3 Å². The van der Waals surface area contributed by atoms with Gasteiger partial charge in [-0.2, -0.15) is 11.3 Å². The van der Waals surface area contributed by atoms with Crippen molar-refractivity contribution in [1.82, 2.24) is 14.9 Å². The van der Waals surface area contributed by atoms with Gasteiger partial charge in [0.15, 0.2) is 0 Å². The van der Waals surface area contributed by atoms with Gasteiger partial charge < -0.3 is 9.72 Å². The first-order valence-corrected chi connectivity index (χ1v) is 11.2. The first-order chi connectivity index (χ1) is 14.3. The largest absolute Gasteiger partial charge is 0.379 e. The predicted octanol–water partition coefficient (Wildman–Crippen LogP) is 5.40. The van der Waals surface area contributed by atoms with Crippen molar-refractivity contribution in [2.75, 3.05) is 26.3 Å². The molecular weight excluding hydrogens is 402 g/mol. The number of morpholine rings is 1. The number of H-pyrrole nitrogens is 1. The third-order valence-electron chi connectivity index (χ3n) is 5.50. The van der Waals surface area contributed by atoms with Gasteiger partial charge in [-0.1, -0.05) is 6.07 Å². The average molecular weight is 424 g/mol. The molecule has 0 spiro atoms. The van der Waals surface area contributed by atoms with Crippen LogP contribution in [0.1, 0.15) is 5.56 Å². The lowest BCUT2D eigenvalue weighted by molar-refractivity contribution is 0.0314. The summed E-state index contributed by atoms with van der Waals surface area (Å²) in [7, 11) is 0. The molecule has 4 aromatic rings. The van der Waals surface area contributed by atoms with Gasteiger partial charge in [0.25, 0.3) is 0 Å². The summed E-state index contributed by atoms with van der Waals surface area (Å²) in [6, 6.07) is 10.9. The Morgan fingerprint density at radius 1 is 1.10 bits per heavy atom. The highest BCUT2D eigenvalue weighted by Crippen LogP contribution is 2.32. The number of alkyl halides is 1. The number of hydrogen-bond acceptors (Lipinski definition) is 4. The SMILES string of the molecule is ClC(Cc1ccc2[nH]cc(-c3cncc(-c4ccsc4)c3)c2c1)N1CCOCC1. The second-order valence-electron chi connectivity index (χ2n) is 7.34. The Morgan fingerprint density at radius 2 is 1.97 bits per heavy atom. The molecule has 0 aliphatic carbocycles. The summed E-state index contributed by atoms with van der Waals surface area (Å²) >= 11 is 8.41. The third-order valence-corrected chi connectivity index (χ3v) is 6.61. The van der Waals surface area contributed by atoms with E-state index < -0.39 is 0 Å². The van der Waals surface area contributed by atoms with Crippen LogP contribution in [-0.2, 0) is 11.2 Å². The second-order valence-corrected chi connectivity index (χ2v) is 8.63. The van der Waals surface area contributed by atoms with E-state index in [9.17, 15) is 0 Å². The van der Waals surface area contributed by atoms with Crippen LogP contribution in [0, 0.1) is 0 Å². The van der Waals surface area contributed by atoms with Gasteiger partial charge in [0.05, 0.1) is 18.7 Å². The van der Waals surface area contributed by atoms with Gasteiger partial charge in [-0.25, -0.2) is 0 Å². The van der Waals surface area contributed by atoms with E-state index in [2.05, 4.69) is 62.2 Å². The Kier molecular flexibility index (Phi) is 5.38. The van der Waals surface area contributed by atoms with Gasteiger partial charge in [-0.15, -0.1) is 11.6 Å². The van der Waals surface area contributed by atoms with Gasteiger partial charge in [-0.05, 0) is 46.2 Å². The Labute approximate surface area is 179 Å². The molecule has 1 aliphatic rings. The second kappa shape index (κ2) is 8.28. The van der Waals surface area contributed by atoms with E-state index in [1.807, 2.05) is 12.4 Å². The topological polar surface area (TPSA) is 41.2 Å². The molecule has 0 bridgehead atoms. The Morgan fingerprint density at radius 3 is 2.79 bits per heavy atom. The highest BCUT2D eigenvalue weighted by Gasteiger charge is 2.19. The fraction of sp³-hybridized carbons (Fsp3) is 0.261. The summed E-state index contributed by atoms with van der Waals surface area (Å²) in [5.41, 5.74) is 7.00. The lowest BCUT2D eigenvalue weighted by atomic mass is 10.0. The molecule has 1 fully saturated rings. The van der Waals surface area contributed by atoms with Crippen LogP contribution in [0.5, 0.6) is 0 Å². The van der Waals surface area contributed by atoms with Crippen molar-refractivity contribution < 1.29 is 4.74 Å². The molecule has 4 nitrogen and oxygen atoms in total. The summed E-state index contributed by atoms with van der Waals surface area (Å²) in [5.74, 6) is 0. The van der Waals surface area contributed by atoms with Crippen molar-refractivity contribution in [2.45, 2.75) is 11.9 Å². The predicted molar refractivity (Wildman–Crippen MR) is 121 cm³/mol. The molecule has 1 aliphatic heterocycles. The van der Waals surface area contributed by atoms with Crippen molar-refractivity contribution >= 4 is 33.8 Å². The molecular formula is C23H22ClN3OS. The third kappa shape index (κ3) is 3.96. The molecule has 5 rings (SSSR count). The number of halogens is 1. The van der Waals surface area contributed by atoms with E-state index in [1.54, 1.807) is 11.3 Å². The smallest absolute Gasteiger partial charge is 0.0892 e. The van der Waals surface area contributed by atoms with Gasteiger partial charge in [0.2, 0.25) is 0 Å². The molecule has 1 aromatic carbocycles. The number of benzene rings is 1. The number of pyridine rings is 1. The van der Waals surface area contributed by atoms with E-state index in [-0.39, 0.29) is 5.50 Å². The number of thiophene rings is 1. The molecule has 0 amide bonds.